The van der Waals surface area contributed by atoms with Crippen molar-refractivity contribution < 1.29 is 13.6 Å². The molecule has 0 aromatic heterocycles. The first-order valence-electron chi connectivity index (χ1n) is 6.35. The Morgan fingerprint density at radius 2 is 2.08 bits per heavy atom. The van der Waals surface area contributed by atoms with E-state index >= 15 is 0 Å². The highest BCUT2D eigenvalue weighted by Gasteiger charge is 2.49. The number of hydrogen-bond donors (Lipinski definition) is 0. The lowest BCUT2D eigenvalue weighted by Gasteiger charge is -2.31. The molecule has 0 amide bonds. The topological polar surface area (TPSA) is 18.5 Å². The second-order valence-corrected chi connectivity index (χ2v) is 5.13. The summed E-state index contributed by atoms with van der Waals surface area (Å²) < 4.78 is 34.9. The van der Waals surface area contributed by atoms with Crippen LogP contribution in [0.2, 0.25) is 0 Å². The zero-order valence-corrected chi connectivity index (χ0v) is 8.76. The van der Waals surface area contributed by atoms with Gasteiger partial charge in [0.25, 0.3) is 0 Å². The van der Waals surface area contributed by atoms with Crippen molar-refractivity contribution in [2.24, 2.45) is 23.1 Å². The molecule has 0 aromatic rings. The molecule has 0 aromatic carbocycles. The Labute approximate surface area is 84.8 Å². The molecule has 2 aliphatic heterocycles. The smallest absolute Gasteiger partial charge is 0.161 e. The maximum atomic E-state index is 8.23. The highest BCUT2D eigenvalue weighted by molar-refractivity contribution is 4.92. The van der Waals surface area contributed by atoms with E-state index in [2.05, 4.69) is 0 Å². The predicted octanol–water partition coefficient (Wildman–Crippen LogP) is 2.29. The summed E-state index contributed by atoms with van der Waals surface area (Å²) in [5.74, 6) is -1.26. The lowest BCUT2D eigenvalue weighted by atomic mass is 9.71. The summed E-state index contributed by atoms with van der Waals surface area (Å²) in [5, 5.41) is 0. The van der Waals surface area contributed by atoms with E-state index in [1.807, 2.05) is 20.8 Å². The number of fused-ring (bicyclic) bond motifs is 1. The molecular weight excluding hydrogens is 164 g/mol. The average molecular weight is 187 g/mol. The van der Waals surface area contributed by atoms with Crippen molar-refractivity contribution in [1.82, 2.24) is 0 Å². The molecule has 0 spiro atoms. The van der Waals surface area contributed by atoms with Gasteiger partial charge in [0.2, 0.25) is 0 Å². The van der Waals surface area contributed by atoms with Gasteiger partial charge in [-0.1, -0.05) is 27.7 Å². The van der Waals surface area contributed by atoms with E-state index in [0.717, 1.165) is 0 Å². The Hall–Kier alpha value is -0.0800. The van der Waals surface area contributed by atoms with Gasteiger partial charge < -0.3 is 9.47 Å². The quantitative estimate of drug-likeness (QED) is 0.579. The highest BCUT2D eigenvalue weighted by Crippen LogP contribution is 2.46. The van der Waals surface area contributed by atoms with E-state index in [1.54, 1.807) is 6.92 Å². The summed E-state index contributed by atoms with van der Waals surface area (Å²) in [6.45, 7) is 6.42. The maximum absolute atomic E-state index is 8.23. The van der Waals surface area contributed by atoms with Gasteiger partial charge in [0, 0.05) is 7.29 Å². The Balaban J connectivity index is 2.39. The summed E-state index contributed by atoms with van der Waals surface area (Å²) >= 11 is 0. The zero-order chi connectivity index (χ0) is 12.4. The molecule has 4 unspecified atom stereocenters. The lowest BCUT2D eigenvalue weighted by Crippen LogP contribution is -2.30. The molecule has 0 N–H and O–H groups in total. The van der Waals surface area contributed by atoms with E-state index in [0.29, 0.717) is 6.61 Å². The van der Waals surface area contributed by atoms with Crippen molar-refractivity contribution in [3.05, 3.63) is 0 Å². The van der Waals surface area contributed by atoms with Crippen LogP contribution in [0, 0.1) is 23.1 Å². The molecule has 13 heavy (non-hydrogen) atoms. The van der Waals surface area contributed by atoms with E-state index in [9.17, 15) is 0 Å². The SMILES string of the molecule is [2H]C1(C)COC2OC([2H])([2H])C(C(C)(C)C)C21. The monoisotopic (exact) mass is 187 g/mol. The molecule has 0 radical (unpaired) electrons. The van der Waals surface area contributed by atoms with Crippen LogP contribution in [-0.2, 0) is 9.47 Å². The normalized spacial score (nSPS) is 58.2. The van der Waals surface area contributed by atoms with Crippen molar-refractivity contribution in [2.45, 2.75) is 34.0 Å². The Morgan fingerprint density at radius 3 is 2.69 bits per heavy atom. The summed E-state index contributed by atoms with van der Waals surface area (Å²) in [6, 6.07) is 0. The minimum absolute atomic E-state index is 0.192. The first-order chi connectivity index (χ1) is 7.06. The van der Waals surface area contributed by atoms with Crippen LogP contribution in [0.4, 0.5) is 0 Å². The van der Waals surface area contributed by atoms with Crippen LogP contribution in [0.15, 0.2) is 0 Å². The van der Waals surface area contributed by atoms with Crippen molar-refractivity contribution >= 4 is 0 Å². The first kappa shape index (κ1) is 6.41. The summed E-state index contributed by atoms with van der Waals surface area (Å²) in [5.41, 5.74) is -0.237. The molecule has 2 heterocycles. The third kappa shape index (κ3) is 1.50. The largest absolute Gasteiger partial charge is 0.352 e. The van der Waals surface area contributed by atoms with Crippen LogP contribution in [0.25, 0.3) is 0 Å². The Bertz CT molecular complexity index is 296. The molecule has 4 atom stereocenters. The second-order valence-electron chi connectivity index (χ2n) is 5.13. The van der Waals surface area contributed by atoms with E-state index in [1.165, 1.54) is 0 Å². The van der Waals surface area contributed by atoms with Gasteiger partial charge in [0.05, 0.1) is 15.9 Å². The average Bonchev–Trinajstić information content (AvgIpc) is 2.44. The van der Waals surface area contributed by atoms with Gasteiger partial charge in [-0.05, 0) is 17.2 Å². The van der Waals surface area contributed by atoms with Gasteiger partial charge >= 0.3 is 0 Å². The molecule has 0 bridgehead atoms. The Kier molecular flexibility index (Phi) is 1.46. The molecule has 0 saturated carbocycles. The maximum Gasteiger partial charge on any atom is 0.161 e. The van der Waals surface area contributed by atoms with Crippen LogP contribution in [0.3, 0.4) is 0 Å². The second kappa shape index (κ2) is 2.96. The molecule has 0 aliphatic carbocycles. The molecule has 2 heteroatoms. The van der Waals surface area contributed by atoms with Crippen LogP contribution < -0.4 is 0 Å². The van der Waals surface area contributed by atoms with Crippen LogP contribution in [0.5, 0.6) is 0 Å². The van der Waals surface area contributed by atoms with Crippen molar-refractivity contribution in [3.63, 3.8) is 0 Å². The molecule has 2 nitrogen and oxygen atoms in total. The van der Waals surface area contributed by atoms with Crippen LogP contribution in [0.1, 0.15) is 31.8 Å². The van der Waals surface area contributed by atoms with Gasteiger partial charge in [-0.15, -0.1) is 0 Å². The van der Waals surface area contributed by atoms with Crippen molar-refractivity contribution in [2.75, 3.05) is 13.2 Å². The molecular formula is C11H20O2. The molecule has 76 valence electrons. The molecule has 2 rings (SSSR count). The fourth-order valence-corrected chi connectivity index (χ4v) is 2.12. The van der Waals surface area contributed by atoms with Gasteiger partial charge in [-0.3, -0.25) is 0 Å². The van der Waals surface area contributed by atoms with Gasteiger partial charge in [0.15, 0.2) is 6.29 Å². The summed E-state index contributed by atoms with van der Waals surface area (Å²) in [4.78, 5) is 0. The fraction of sp³-hybridized carbons (Fsp3) is 1.00. The molecule has 2 aliphatic rings. The molecule has 2 saturated heterocycles. The highest BCUT2D eigenvalue weighted by atomic mass is 16.7. The fourth-order valence-electron chi connectivity index (χ4n) is 2.12. The standard InChI is InChI=1S/C11H20O2/c1-7-5-12-10-9(7)8(6-13-10)11(2,3)4/h7-10H,5-6H2,1-4H3/i6D2,7D. The number of ether oxygens (including phenoxy) is 2. The number of rotatable bonds is 0. The number of hydrogen-bond acceptors (Lipinski definition) is 2. The lowest BCUT2D eigenvalue weighted by molar-refractivity contribution is -0.0907. The van der Waals surface area contributed by atoms with E-state index < -0.39 is 18.7 Å². The summed E-state index contributed by atoms with van der Waals surface area (Å²) in [7, 11) is 0. The minimum Gasteiger partial charge on any atom is -0.352 e. The Morgan fingerprint density at radius 1 is 1.38 bits per heavy atom. The van der Waals surface area contributed by atoms with E-state index in [-0.39, 0.29) is 17.3 Å². The van der Waals surface area contributed by atoms with Gasteiger partial charge in [0.1, 0.15) is 0 Å². The predicted molar refractivity (Wildman–Crippen MR) is 51.3 cm³/mol. The zero-order valence-electron chi connectivity index (χ0n) is 11.8. The first-order valence-corrected chi connectivity index (χ1v) is 4.85. The van der Waals surface area contributed by atoms with Gasteiger partial charge in [-0.2, -0.15) is 0 Å². The van der Waals surface area contributed by atoms with Crippen molar-refractivity contribution in [1.29, 1.82) is 0 Å². The third-order valence-corrected chi connectivity index (χ3v) is 2.94. The molecule has 2 fully saturated rings. The van der Waals surface area contributed by atoms with Crippen LogP contribution in [-0.4, -0.2) is 19.5 Å². The van der Waals surface area contributed by atoms with Crippen LogP contribution >= 0.6 is 0 Å². The van der Waals surface area contributed by atoms with Crippen molar-refractivity contribution in [3.8, 4) is 0 Å². The van der Waals surface area contributed by atoms with E-state index in [4.69, 9.17) is 13.6 Å². The third-order valence-electron chi connectivity index (χ3n) is 2.94. The van der Waals surface area contributed by atoms with Gasteiger partial charge in [-0.25, -0.2) is 0 Å². The summed E-state index contributed by atoms with van der Waals surface area (Å²) in [6.07, 6.45) is -0.554. The minimum atomic E-state index is -1.70.